The first-order chi connectivity index (χ1) is 6.18. The lowest BCUT2D eigenvalue weighted by atomic mass is 10.0. The van der Waals surface area contributed by atoms with Gasteiger partial charge in [0, 0.05) is 5.56 Å². The standard InChI is InChI=1S/C9H6FNO2/c10-6-3-1-2-5-7(12)4-8(13)11-9(5)6/h1-3H,4H2,(H,11,13). The Bertz CT molecular complexity index is 401. The monoisotopic (exact) mass is 179 g/mol. The number of halogens is 1. The Kier molecular flexibility index (Phi) is 1.62. The van der Waals surface area contributed by atoms with Crippen LogP contribution in [0.4, 0.5) is 10.1 Å². The molecule has 3 nitrogen and oxygen atoms in total. The highest BCUT2D eigenvalue weighted by molar-refractivity contribution is 6.18. The number of benzene rings is 1. The Labute approximate surface area is 73.6 Å². The Balaban J connectivity index is 2.61. The highest BCUT2D eigenvalue weighted by Gasteiger charge is 2.24. The van der Waals surface area contributed by atoms with Gasteiger partial charge in [0.1, 0.15) is 5.82 Å². The van der Waals surface area contributed by atoms with E-state index in [0.29, 0.717) is 0 Å². The van der Waals surface area contributed by atoms with E-state index in [9.17, 15) is 14.0 Å². The number of amides is 1. The van der Waals surface area contributed by atoms with Crippen molar-refractivity contribution in [2.45, 2.75) is 6.42 Å². The van der Waals surface area contributed by atoms with Crippen molar-refractivity contribution in [1.82, 2.24) is 0 Å². The fourth-order valence-electron chi connectivity index (χ4n) is 1.31. The summed E-state index contributed by atoms with van der Waals surface area (Å²) in [6, 6.07) is 4.15. The first-order valence-corrected chi connectivity index (χ1v) is 3.80. The van der Waals surface area contributed by atoms with Crippen molar-refractivity contribution in [3.8, 4) is 0 Å². The number of fused-ring (bicyclic) bond motifs is 1. The number of hydrogen-bond acceptors (Lipinski definition) is 2. The number of anilines is 1. The number of nitrogens with one attached hydrogen (secondary N) is 1. The van der Waals surface area contributed by atoms with Crippen LogP contribution in [0.5, 0.6) is 0 Å². The van der Waals surface area contributed by atoms with Crippen LogP contribution in [0, 0.1) is 5.82 Å². The molecule has 1 aliphatic rings. The molecule has 1 aromatic carbocycles. The molecule has 1 N–H and O–H groups in total. The van der Waals surface area contributed by atoms with E-state index < -0.39 is 11.7 Å². The third kappa shape index (κ3) is 1.20. The van der Waals surface area contributed by atoms with Crippen LogP contribution in [0.2, 0.25) is 0 Å². The summed E-state index contributed by atoms with van der Waals surface area (Å²) in [6.07, 6.45) is -0.198. The van der Waals surface area contributed by atoms with Crippen LogP contribution in [0.15, 0.2) is 18.2 Å². The van der Waals surface area contributed by atoms with E-state index in [1.165, 1.54) is 18.2 Å². The maximum Gasteiger partial charge on any atom is 0.232 e. The summed E-state index contributed by atoms with van der Waals surface area (Å²) in [5.74, 6) is -1.36. The predicted octanol–water partition coefficient (Wildman–Crippen LogP) is 1.35. The van der Waals surface area contributed by atoms with Crippen LogP contribution in [0.3, 0.4) is 0 Å². The van der Waals surface area contributed by atoms with Crippen LogP contribution in [0.1, 0.15) is 16.8 Å². The van der Waals surface area contributed by atoms with Crippen LogP contribution < -0.4 is 5.32 Å². The van der Waals surface area contributed by atoms with E-state index in [1.807, 2.05) is 0 Å². The van der Waals surface area contributed by atoms with Crippen molar-refractivity contribution in [2.75, 3.05) is 5.32 Å². The molecule has 2 rings (SSSR count). The molecule has 1 amide bonds. The van der Waals surface area contributed by atoms with E-state index in [0.717, 1.165) is 0 Å². The summed E-state index contributed by atoms with van der Waals surface area (Å²) in [4.78, 5) is 22.1. The molecule has 0 saturated heterocycles. The maximum atomic E-state index is 13.1. The zero-order valence-electron chi connectivity index (χ0n) is 6.63. The minimum Gasteiger partial charge on any atom is -0.323 e. The van der Waals surface area contributed by atoms with E-state index in [1.54, 1.807) is 0 Å². The largest absolute Gasteiger partial charge is 0.323 e. The van der Waals surface area contributed by atoms with Crippen LogP contribution in [-0.4, -0.2) is 11.7 Å². The van der Waals surface area contributed by atoms with Crippen LogP contribution in [0.25, 0.3) is 0 Å². The zero-order chi connectivity index (χ0) is 9.42. The molecule has 0 bridgehead atoms. The summed E-state index contributed by atoms with van der Waals surface area (Å²) in [5.41, 5.74) is 0.253. The van der Waals surface area contributed by atoms with Gasteiger partial charge in [-0.15, -0.1) is 0 Å². The average molecular weight is 179 g/mol. The van der Waals surface area contributed by atoms with Gasteiger partial charge in [-0.3, -0.25) is 9.59 Å². The predicted molar refractivity (Wildman–Crippen MR) is 44.0 cm³/mol. The van der Waals surface area contributed by atoms with Gasteiger partial charge in [-0.2, -0.15) is 0 Å². The lowest BCUT2D eigenvalue weighted by Gasteiger charge is -2.15. The summed E-state index contributed by atoms with van der Waals surface area (Å²) < 4.78 is 13.1. The molecule has 1 heterocycles. The van der Waals surface area contributed by atoms with Crippen LogP contribution >= 0.6 is 0 Å². The molecule has 0 aliphatic carbocycles. The molecule has 0 fully saturated rings. The number of para-hydroxylation sites is 1. The minimum atomic E-state index is -0.570. The third-order valence-electron chi connectivity index (χ3n) is 1.90. The van der Waals surface area contributed by atoms with Crippen molar-refractivity contribution in [1.29, 1.82) is 0 Å². The van der Waals surface area contributed by atoms with Crippen molar-refractivity contribution in [2.24, 2.45) is 0 Å². The minimum absolute atomic E-state index is 0.00347. The van der Waals surface area contributed by atoms with E-state index in [-0.39, 0.29) is 23.5 Å². The lowest BCUT2D eigenvalue weighted by molar-refractivity contribution is -0.115. The second-order valence-electron chi connectivity index (χ2n) is 2.81. The van der Waals surface area contributed by atoms with Gasteiger partial charge < -0.3 is 5.32 Å². The third-order valence-corrected chi connectivity index (χ3v) is 1.90. The second-order valence-corrected chi connectivity index (χ2v) is 2.81. The van der Waals surface area contributed by atoms with Gasteiger partial charge in [0.05, 0.1) is 12.1 Å². The molecule has 0 spiro atoms. The number of carbonyl (C=O) groups excluding carboxylic acids is 2. The quantitative estimate of drug-likeness (QED) is 0.611. The molecule has 0 saturated carbocycles. The Morgan fingerprint density at radius 1 is 1.31 bits per heavy atom. The van der Waals surface area contributed by atoms with Gasteiger partial charge in [-0.25, -0.2) is 4.39 Å². The molecule has 0 aromatic heterocycles. The number of hydrogen-bond donors (Lipinski definition) is 1. The summed E-state index contributed by atoms with van der Waals surface area (Å²) in [6.45, 7) is 0. The molecular formula is C9H6FNO2. The SMILES string of the molecule is O=C1CC(=O)c2cccc(F)c2N1. The van der Waals surface area contributed by atoms with Gasteiger partial charge in [0.15, 0.2) is 5.78 Å². The van der Waals surface area contributed by atoms with E-state index >= 15 is 0 Å². The van der Waals surface area contributed by atoms with E-state index in [4.69, 9.17) is 0 Å². The molecule has 1 aromatic rings. The summed E-state index contributed by atoms with van der Waals surface area (Å²) >= 11 is 0. The molecular weight excluding hydrogens is 173 g/mol. The summed E-state index contributed by atoms with van der Waals surface area (Å²) in [5, 5.41) is 2.32. The van der Waals surface area contributed by atoms with Crippen molar-refractivity contribution in [3.63, 3.8) is 0 Å². The van der Waals surface area contributed by atoms with Gasteiger partial charge >= 0.3 is 0 Å². The zero-order valence-corrected chi connectivity index (χ0v) is 6.63. The highest BCUT2D eigenvalue weighted by atomic mass is 19.1. The summed E-state index contributed by atoms with van der Waals surface area (Å²) in [7, 11) is 0. The number of rotatable bonds is 0. The number of carbonyl (C=O) groups is 2. The Hall–Kier alpha value is -1.71. The smallest absolute Gasteiger partial charge is 0.232 e. The Morgan fingerprint density at radius 2 is 2.08 bits per heavy atom. The first kappa shape index (κ1) is 7.91. The van der Waals surface area contributed by atoms with Gasteiger partial charge in [-0.1, -0.05) is 6.07 Å². The fourth-order valence-corrected chi connectivity index (χ4v) is 1.31. The second kappa shape index (κ2) is 2.65. The molecule has 4 heteroatoms. The Morgan fingerprint density at radius 3 is 2.85 bits per heavy atom. The number of Topliss-reactive ketones (excluding diaryl/α,β-unsaturated/α-hetero) is 1. The average Bonchev–Trinajstić information content (AvgIpc) is 2.07. The van der Waals surface area contributed by atoms with Gasteiger partial charge in [0.25, 0.3) is 0 Å². The van der Waals surface area contributed by atoms with Crippen molar-refractivity contribution < 1.29 is 14.0 Å². The topological polar surface area (TPSA) is 46.2 Å². The molecule has 0 radical (unpaired) electrons. The van der Waals surface area contributed by atoms with Gasteiger partial charge in [0.2, 0.25) is 5.91 Å². The molecule has 0 unspecified atom stereocenters. The molecule has 1 aliphatic heterocycles. The fraction of sp³-hybridized carbons (Fsp3) is 0.111. The van der Waals surface area contributed by atoms with E-state index in [2.05, 4.69) is 5.32 Å². The van der Waals surface area contributed by atoms with Crippen molar-refractivity contribution in [3.05, 3.63) is 29.6 Å². The van der Waals surface area contributed by atoms with Crippen molar-refractivity contribution >= 4 is 17.4 Å². The normalized spacial score (nSPS) is 15.2. The molecule has 0 atom stereocenters. The van der Waals surface area contributed by atoms with Gasteiger partial charge in [-0.05, 0) is 12.1 Å². The first-order valence-electron chi connectivity index (χ1n) is 3.80. The lowest BCUT2D eigenvalue weighted by Crippen LogP contribution is -2.24. The van der Waals surface area contributed by atoms with Crippen LogP contribution in [-0.2, 0) is 4.79 Å². The molecule has 66 valence electrons. The molecule has 13 heavy (non-hydrogen) atoms. The maximum absolute atomic E-state index is 13.1. The number of ketones is 1. The highest BCUT2D eigenvalue weighted by Crippen LogP contribution is 2.24.